The summed E-state index contributed by atoms with van der Waals surface area (Å²) in [5.74, 6) is -0.235. The number of rotatable bonds is 4. The Balaban J connectivity index is 2.20. The van der Waals surface area contributed by atoms with Gasteiger partial charge in [0.2, 0.25) is 0 Å². The second kappa shape index (κ2) is 5.33. The molecule has 90 valence electrons. The summed E-state index contributed by atoms with van der Waals surface area (Å²) in [7, 11) is 1.93. The van der Waals surface area contributed by atoms with Gasteiger partial charge in [-0.05, 0) is 17.7 Å². The fraction of sp³-hybridized carbons (Fsp3) is 0.250. The summed E-state index contributed by atoms with van der Waals surface area (Å²) in [5, 5.41) is 0.900. The summed E-state index contributed by atoms with van der Waals surface area (Å²) in [5.41, 5.74) is 6.63. The first-order valence-electron chi connectivity index (χ1n) is 5.30. The highest BCUT2D eigenvalue weighted by molar-refractivity contribution is 7.99. The molecule has 1 atom stereocenters. The third-order valence-corrected chi connectivity index (χ3v) is 3.81. The molecule has 1 heterocycles. The fourth-order valence-corrected chi connectivity index (χ4v) is 2.53. The Morgan fingerprint density at radius 1 is 1.53 bits per heavy atom. The van der Waals surface area contributed by atoms with Crippen molar-refractivity contribution in [3.05, 3.63) is 48.0 Å². The lowest BCUT2D eigenvalue weighted by molar-refractivity contribution is 0.625. The zero-order valence-corrected chi connectivity index (χ0v) is 10.3. The molecule has 0 saturated carbocycles. The van der Waals surface area contributed by atoms with Crippen LogP contribution >= 0.6 is 11.8 Å². The van der Waals surface area contributed by atoms with E-state index in [1.54, 1.807) is 24.0 Å². The molecule has 0 fully saturated rings. The number of aromatic nitrogens is 2. The predicted molar refractivity (Wildman–Crippen MR) is 67.3 cm³/mol. The summed E-state index contributed by atoms with van der Waals surface area (Å²) in [4.78, 5) is 4.23. The van der Waals surface area contributed by atoms with Crippen LogP contribution in [0.3, 0.4) is 0 Å². The largest absolute Gasteiger partial charge is 0.329 e. The van der Waals surface area contributed by atoms with Crippen LogP contribution in [0, 0.1) is 5.82 Å². The topological polar surface area (TPSA) is 43.8 Å². The van der Waals surface area contributed by atoms with Crippen LogP contribution < -0.4 is 5.73 Å². The lowest BCUT2D eigenvalue weighted by atomic mass is 10.1. The van der Waals surface area contributed by atoms with Crippen LogP contribution in [0.4, 0.5) is 4.39 Å². The Hall–Kier alpha value is -1.33. The summed E-state index contributed by atoms with van der Waals surface area (Å²) in [6.07, 6.45) is 3.61. The van der Waals surface area contributed by atoms with Gasteiger partial charge in [-0.25, -0.2) is 9.37 Å². The fourth-order valence-electron chi connectivity index (χ4n) is 1.55. The number of hydrogen-bond acceptors (Lipinski definition) is 3. The third kappa shape index (κ3) is 2.87. The standard InChI is InChI=1S/C12H14FN3S/c1-16-6-5-15-12(16)17-11(8-14)9-3-2-4-10(13)7-9/h2-7,11H,8,14H2,1H3. The van der Waals surface area contributed by atoms with E-state index in [2.05, 4.69) is 4.98 Å². The minimum atomic E-state index is -0.235. The highest BCUT2D eigenvalue weighted by Gasteiger charge is 2.14. The van der Waals surface area contributed by atoms with E-state index in [4.69, 9.17) is 5.73 Å². The summed E-state index contributed by atoms with van der Waals surface area (Å²) in [6.45, 7) is 0.445. The first-order chi connectivity index (χ1) is 8.20. The van der Waals surface area contributed by atoms with Crippen LogP contribution in [0.2, 0.25) is 0 Å². The number of imidazole rings is 1. The smallest absolute Gasteiger partial charge is 0.168 e. The second-order valence-corrected chi connectivity index (χ2v) is 4.89. The molecule has 1 aromatic heterocycles. The van der Waals surface area contributed by atoms with Crippen LogP contribution in [0.15, 0.2) is 41.8 Å². The van der Waals surface area contributed by atoms with Gasteiger partial charge in [-0.2, -0.15) is 0 Å². The SMILES string of the molecule is Cn1ccnc1SC(CN)c1cccc(F)c1. The molecule has 0 bridgehead atoms. The van der Waals surface area contributed by atoms with E-state index in [0.717, 1.165) is 10.7 Å². The molecule has 0 aliphatic carbocycles. The van der Waals surface area contributed by atoms with Gasteiger partial charge in [0.15, 0.2) is 5.16 Å². The van der Waals surface area contributed by atoms with E-state index >= 15 is 0 Å². The molecule has 0 saturated heterocycles. The van der Waals surface area contributed by atoms with Gasteiger partial charge in [-0.1, -0.05) is 23.9 Å². The highest BCUT2D eigenvalue weighted by Crippen LogP contribution is 2.33. The molecule has 2 aromatic rings. The molecule has 2 rings (SSSR count). The van der Waals surface area contributed by atoms with Gasteiger partial charge in [0.25, 0.3) is 0 Å². The number of halogens is 1. The number of thioether (sulfide) groups is 1. The molecular formula is C12H14FN3S. The van der Waals surface area contributed by atoms with Crippen molar-refractivity contribution in [2.24, 2.45) is 12.8 Å². The summed E-state index contributed by atoms with van der Waals surface area (Å²) < 4.78 is 15.1. The first-order valence-corrected chi connectivity index (χ1v) is 6.18. The average Bonchev–Trinajstić information content (AvgIpc) is 2.71. The van der Waals surface area contributed by atoms with E-state index in [1.807, 2.05) is 23.9 Å². The zero-order chi connectivity index (χ0) is 12.3. The Morgan fingerprint density at radius 2 is 2.35 bits per heavy atom. The number of nitrogens with zero attached hydrogens (tertiary/aromatic N) is 2. The first kappa shape index (κ1) is 12.1. The van der Waals surface area contributed by atoms with Gasteiger partial charge in [-0.3, -0.25) is 0 Å². The second-order valence-electron chi connectivity index (χ2n) is 3.72. The molecule has 1 unspecified atom stereocenters. The molecule has 0 amide bonds. The van der Waals surface area contributed by atoms with Crippen molar-refractivity contribution in [1.82, 2.24) is 9.55 Å². The predicted octanol–water partition coefficient (Wildman–Crippen LogP) is 2.35. The van der Waals surface area contributed by atoms with E-state index in [0.29, 0.717) is 6.54 Å². The highest BCUT2D eigenvalue weighted by atomic mass is 32.2. The van der Waals surface area contributed by atoms with Gasteiger partial charge < -0.3 is 10.3 Å². The van der Waals surface area contributed by atoms with Crippen LogP contribution in [-0.4, -0.2) is 16.1 Å². The van der Waals surface area contributed by atoms with Crippen LogP contribution in [0.5, 0.6) is 0 Å². The quantitative estimate of drug-likeness (QED) is 0.848. The molecule has 3 nitrogen and oxygen atoms in total. The van der Waals surface area contributed by atoms with Crippen molar-refractivity contribution < 1.29 is 4.39 Å². The Morgan fingerprint density at radius 3 is 2.94 bits per heavy atom. The number of hydrogen-bond donors (Lipinski definition) is 1. The minimum Gasteiger partial charge on any atom is -0.329 e. The van der Waals surface area contributed by atoms with Crippen molar-refractivity contribution in [2.75, 3.05) is 6.54 Å². The third-order valence-electron chi connectivity index (χ3n) is 2.46. The van der Waals surface area contributed by atoms with Crippen LogP contribution in [0.1, 0.15) is 10.8 Å². The van der Waals surface area contributed by atoms with Gasteiger partial charge >= 0.3 is 0 Å². The lowest BCUT2D eigenvalue weighted by Gasteiger charge is -2.14. The maximum absolute atomic E-state index is 13.2. The van der Waals surface area contributed by atoms with Crippen molar-refractivity contribution in [3.63, 3.8) is 0 Å². The molecule has 0 aliphatic rings. The molecule has 0 radical (unpaired) electrons. The molecule has 1 aromatic carbocycles. The van der Waals surface area contributed by atoms with E-state index in [9.17, 15) is 4.39 Å². The normalized spacial score (nSPS) is 12.6. The molecular weight excluding hydrogens is 237 g/mol. The average molecular weight is 251 g/mol. The molecule has 0 aliphatic heterocycles. The van der Waals surface area contributed by atoms with E-state index in [-0.39, 0.29) is 11.1 Å². The van der Waals surface area contributed by atoms with Crippen molar-refractivity contribution in [1.29, 1.82) is 0 Å². The zero-order valence-electron chi connectivity index (χ0n) is 9.51. The van der Waals surface area contributed by atoms with E-state index < -0.39 is 0 Å². The molecule has 17 heavy (non-hydrogen) atoms. The van der Waals surface area contributed by atoms with E-state index in [1.165, 1.54) is 12.1 Å². The molecule has 2 N–H and O–H groups in total. The monoisotopic (exact) mass is 251 g/mol. The van der Waals surface area contributed by atoms with Gasteiger partial charge in [-0.15, -0.1) is 0 Å². The van der Waals surface area contributed by atoms with Crippen molar-refractivity contribution >= 4 is 11.8 Å². The lowest BCUT2D eigenvalue weighted by Crippen LogP contribution is -2.10. The Bertz CT molecular complexity index is 498. The minimum absolute atomic E-state index is 0.0202. The van der Waals surface area contributed by atoms with Crippen LogP contribution in [0.25, 0.3) is 0 Å². The number of benzene rings is 1. The molecule has 0 spiro atoms. The Labute approximate surface area is 104 Å². The maximum atomic E-state index is 13.2. The van der Waals surface area contributed by atoms with Gasteiger partial charge in [0, 0.05) is 31.2 Å². The number of aryl methyl sites for hydroxylation is 1. The van der Waals surface area contributed by atoms with Crippen LogP contribution in [-0.2, 0) is 7.05 Å². The van der Waals surface area contributed by atoms with Crippen molar-refractivity contribution in [2.45, 2.75) is 10.4 Å². The Kier molecular flexibility index (Phi) is 3.81. The molecule has 5 heteroatoms. The van der Waals surface area contributed by atoms with Gasteiger partial charge in [0.1, 0.15) is 5.82 Å². The van der Waals surface area contributed by atoms with Crippen molar-refractivity contribution in [3.8, 4) is 0 Å². The summed E-state index contributed by atoms with van der Waals surface area (Å²) >= 11 is 1.54. The number of nitrogens with two attached hydrogens (primary N) is 1. The summed E-state index contributed by atoms with van der Waals surface area (Å²) in [6, 6.07) is 6.54. The maximum Gasteiger partial charge on any atom is 0.168 e. The van der Waals surface area contributed by atoms with Gasteiger partial charge in [0.05, 0.1) is 0 Å².